The van der Waals surface area contributed by atoms with Gasteiger partial charge in [-0.1, -0.05) is 0 Å². The van der Waals surface area contributed by atoms with Gasteiger partial charge in [0.2, 0.25) is 0 Å². The summed E-state index contributed by atoms with van der Waals surface area (Å²) in [6.07, 6.45) is -5.01. The third-order valence-corrected chi connectivity index (χ3v) is 3.03. The zero-order valence-corrected chi connectivity index (χ0v) is 9.89. The van der Waals surface area contributed by atoms with Crippen LogP contribution in [0.25, 0.3) is 0 Å². The smallest absolute Gasteiger partial charge is 0.157 e. The van der Waals surface area contributed by atoms with Gasteiger partial charge in [0.15, 0.2) is 6.23 Å². The number of aromatic hydroxyl groups is 1. The number of phenols is 1. The third-order valence-electron chi connectivity index (χ3n) is 3.03. The number of ether oxygens (including phenoxy) is 1. The molecule has 0 bridgehead atoms. The van der Waals surface area contributed by atoms with Crippen molar-refractivity contribution in [3.63, 3.8) is 0 Å². The van der Waals surface area contributed by atoms with Gasteiger partial charge in [-0.3, -0.25) is 0 Å². The lowest BCUT2D eigenvalue weighted by Crippen LogP contribution is -2.58. The number of rotatable bonds is 2. The molecule has 6 heteroatoms. The van der Waals surface area contributed by atoms with Crippen LogP contribution in [0.5, 0.6) is 5.75 Å². The van der Waals surface area contributed by atoms with Gasteiger partial charge < -0.3 is 30.5 Å². The van der Waals surface area contributed by atoms with Crippen LogP contribution in [0.15, 0.2) is 24.3 Å². The topological polar surface area (TPSA) is 102 Å². The van der Waals surface area contributed by atoms with Crippen molar-refractivity contribution in [1.29, 1.82) is 0 Å². The second kappa shape index (κ2) is 5.11. The molecule has 100 valence electrons. The molecule has 18 heavy (non-hydrogen) atoms. The van der Waals surface area contributed by atoms with Crippen LogP contribution in [-0.4, -0.2) is 51.1 Å². The fourth-order valence-electron chi connectivity index (χ4n) is 1.89. The lowest BCUT2D eigenvalue weighted by molar-refractivity contribution is -0.209. The lowest BCUT2D eigenvalue weighted by atomic mass is 9.99. The Morgan fingerprint density at radius 3 is 2.22 bits per heavy atom. The number of hydrogen-bond donors (Lipinski definition) is 5. The number of benzene rings is 1. The Morgan fingerprint density at radius 2 is 1.61 bits per heavy atom. The molecule has 0 spiro atoms. The highest BCUT2D eigenvalue weighted by Crippen LogP contribution is 2.23. The Bertz CT molecular complexity index is 396. The highest BCUT2D eigenvalue weighted by molar-refractivity contribution is 5.46. The second-order valence-electron chi connectivity index (χ2n) is 4.42. The summed E-state index contributed by atoms with van der Waals surface area (Å²) in [5.74, 6) is 0.134. The number of nitrogens with one attached hydrogen (secondary N) is 1. The molecule has 1 heterocycles. The maximum Gasteiger partial charge on any atom is 0.157 e. The van der Waals surface area contributed by atoms with Gasteiger partial charge in [-0.2, -0.15) is 0 Å². The predicted octanol–water partition coefficient (Wildman–Crippen LogP) is -0.368. The van der Waals surface area contributed by atoms with Crippen LogP contribution in [0.2, 0.25) is 0 Å². The molecule has 1 aromatic carbocycles. The molecule has 0 unspecified atom stereocenters. The molecule has 0 amide bonds. The van der Waals surface area contributed by atoms with Gasteiger partial charge >= 0.3 is 0 Å². The number of aliphatic hydroxyl groups is 3. The van der Waals surface area contributed by atoms with E-state index >= 15 is 0 Å². The van der Waals surface area contributed by atoms with Crippen molar-refractivity contribution in [3.8, 4) is 5.75 Å². The van der Waals surface area contributed by atoms with Crippen LogP contribution in [0.1, 0.15) is 6.92 Å². The van der Waals surface area contributed by atoms with Crippen molar-refractivity contribution >= 4 is 5.69 Å². The number of phenolic OH excluding ortho intramolecular Hbond substituents is 1. The number of anilines is 1. The SMILES string of the molecule is C[C@@H]1O[C@@H](Nc2ccc(O)cc2)[C@H](O)[C@H](O)[C@H]1O. The summed E-state index contributed by atoms with van der Waals surface area (Å²) in [6, 6.07) is 6.22. The van der Waals surface area contributed by atoms with Crippen molar-refractivity contribution in [2.45, 2.75) is 37.6 Å². The first-order valence-corrected chi connectivity index (χ1v) is 5.74. The van der Waals surface area contributed by atoms with E-state index in [0.29, 0.717) is 5.69 Å². The highest BCUT2D eigenvalue weighted by Gasteiger charge is 2.41. The molecule has 1 aliphatic heterocycles. The molecular formula is C12H17NO5. The fourth-order valence-corrected chi connectivity index (χ4v) is 1.89. The first kappa shape index (κ1) is 13.1. The lowest BCUT2D eigenvalue weighted by Gasteiger charge is -2.39. The van der Waals surface area contributed by atoms with Crippen molar-refractivity contribution in [3.05, 3.63) is 24.3 Å². The summed E-state index contributed by atoms with van der Waals surface area (Å²) >= 11 is 0. The monoisotopic (exact) mass is 255 g/mol. The van der Waals surface area contributed by atoms with Crippen molar-refractivity contribution in [1.82, 2.24) is 0 Å². The van der Waals surface area contributed by atoms with Gasteiger partial charge in [0.25, 0.3) is 0 Å². The van der Waals surface area contributed by atoms with E-state index in [4.69, 9.17) is 9.84 Å². The molecule has 1 aliphatic rings. The Morgan fingerprint density at radius 1 is 1.00 bits per heavy atom. The maximum atomic E-state index is 9.79. The summed E-state index contributed by atoms with van der Waals surface area (Å²) in [6.45, 7) is 1.62. The quantitative estimate of drug-likeness (QED) is 0.462. The minimum atomic E-state index is -1.26. The first-order chi connectivity index (χ1) is 8.49. The van der Waals surface area contributed by atoms with Crippen molar-refractivity contribution < 1.29 is 25.2 Å². The summed E-state index contributed by atoms with van der Waals surface area (Å²) in [5.41, 5.74) is 0.632. The first-order valence-electron chi connectivity index (χ1n) is 5.74. The summed E-state index contributed by atoms with van der Waals surface area (Å²) in [4.78, 5) is 0. The molecule has 0 saturated carbocycles. The average Bonchev–Trinajstić information content (AvgIpc) is 2.36. The van der Waals surface area contributed by atoms with Gasteiger partial charge in [0.1, 0.15) is 24.1 Å². The van der Waals surface area contributed by atoms with E-state index in [2.05, 4.69) is 5.32 Å². The van der Waals surface area contributed by atoms with Gasteiger partial charge in [-0.05, 0) is 31.2 Å². The molecule has 1 saturated heterocycles. The number of hydrogen-bond acceptors (Lipinski definition) is 6. The molecule has 2 rings (SSSR count). The normalized spacial score (nSPS) is 36.3. The van der Waals surface area contributed by atoms with Crippen LogP contribution in [0.3, 0.4) is 0 Å². The Labute approximate surface area is 104 Å². The largest absolute Gasteiger partial charge is 0.508 e. The van der Waals surface area contributed by atoms with E-state index < -0.39 is 30.6 Å². The predicted molar refractivity (Wildman–Crippen MR) is 64.1 cm³/mol. The summed E-state index contributed by atoms with van der Waals surface area (Å²) in [7, 11) is 0. The molecule has 0 aromatic heterocycles. The molecule has 6 nitrogen and oxygen atoms in total. The van der Waals surface area contributed by atoms with Crippen molar-refractivity contribution in [2.75, 3.05) is 5.32 Å². The van der Waals surface area contributed by atoms with E-state index in [9.17, 15) is 15.3 Å². The van der Waals surface area contributed by atoms with Gasteiger partial charge in [0.05, 0.1) is 6.10 Å². The van der Waals surface area contributed by atoms with E-state index in [-0.39, 0.29) is 5.75 Å². The van der Waals surface area contributed by atoms with Crippen LogP contribution in [0.4, 0.5) is 5.69 Å². The fraction of sp³-hybridized carbons (Fsp3) is 0.500. The Balaban J connectivity index is 2.06. The highest BCUT2D eigenvalue weighted by atomic mass is 16.5. The van der Waals surface area contributed by atoms with Crippen LogP contribution >= 0.6 is 0 Å². The third kappa shape index (κ3) is 2.56. The molecule has 1 fully saturated rings. The van der Waals surface area contributed by atoms with Crippen LogP contribution in [-0.2, 0) is 4.74 Å². The van der Waals surface area contributed by atoms with Gasteiger partial charge in [0, 0.05) is 5.69 Å². The number of aliphatic hydroxyl groups excluding tert-OH is 3. The molecule has 5 atom stereocenters. The minimum absolute atomic E-state index is 0.134. The minimum Gasteiger partial charge on any atom is -0.508 e. The zero-order chi connectivity index (χ0) is 13.3. The van der Waals surface area contributed by atoms with E-state index in [1.54, 1.807) is 19.1 Å². The van der Waals surface area contributed by atoms with Crippen LogP contribution < -0.4 is 5.32 Å². The van der Waals surface area contributed by atoms with E-state index in [0.717, 1.165) is 0 Å². The molecule has 1 aromatic rings. The van der Waals surface area contributed by atoms with E-state index in [1.165, 1.54) is 12.1 Å². The summed E-state index contributed by atoms with van der Waals surface area (Å²) < 4.78 is 5.38. The van der Waals surface area contributed by atoms with E-state index in [1.807, 2.05) is 0 Å². The molecule has 0 radical (unpaired) electrons. The van der Waals surface area contributed by atoms with Crippen LogP contribution in [0, 0.1) is 0 Å². The molecular weight excluding hydrogens is 238 g/mol. The van der Waals surface area contributed by atoms with Gasteiger partial charge in [-0.25, -0.2) is 0 Å². The van der Waals surface area contributed by atoms with Gasteiger partial charge in [-0.15, -0.1) is 0 Å². The molecule has 5 N–H and O–H groups in total. The second-order valence-corrected chi connectivity index (χ2v) is 4.42. The maximum absolute atomic E-state index is 9.79. The Kier molecular flexibility index (Phi) is 3.72. The summed E-state index contributed by atoms with van der Waals surface area (Å²) in [5, 5.41) is 41.0. The zero-order valence-electron chi connectivity index (χ0n) is 9.89. The standard InChI is InChI=1S/C12H17NO5/c1-6-9(15)10(16)11(17)12(18-6)13-7-2-4-8(14)5-3-7/h2-6,9-17H,1H3/t6-,9-,10+,11+,12+/m0/s1. The Hall–Kier alpha value is -1.34. The van der Waals surface area contributed by atoms with Crippen molar-refractivity contribution in [2.24, 2.45) is 0 Å². The average molecular weight is 255 g/mol. The molecule has 0 aliphatic carbocycles.